The lowest BCUT2D eigenvalue weighted by Crippen LogP contribution is -1.96. The zero-order valence-electron chi connectivity index (χ0n) is 6.47. The molecule has 12 heavy (non-hydrogen) atoms. The van der Waals surface area contributed by atoms with E-state index in [0.717, 1.165) is 3.57 Å². The summed E-state index contributed by atoms with van der Waals surface area (Å²) < 4.78 is 0.967. The van der Waals surface area contributed by atoms with Gasteiger partial charge in [0.05, 0.1) is 11.6 Å². The molecule has 0 aliphatic carbocycles. The van der Waals surface area contributed by atoms with Crippen LogP contribution >= 0.6 is 22.6 Å². The summed E-state index contributed by atoms with van der Waals surface area (Å²) in [6.45, 7) is 1.46. The zero-order chi connectivity index (χ0) is 9.14. The van der Waals surface area contributed by atoms with Gasteiger partial charge in [-0.25, -0.2) is 0 Å². The first-order valence-corrected chi connectivity index (χ1v) is 4.43. The minimum atomic E-state index is -0.0667. The van der Waals surface area contributed by atoms with Gasteiger partial charge in [0.1, 0.15) is 0 Å². The van der Waals surface area contributed by atoms with Crippen molar-refractivity contribution in [2.45, 2.75) is 6.92 Å². The van der Waals surface area contributed by atoms with E-state index < -0.39 is 0 Å². The molecule has 0 aromatic heterocycles. The van der Waals surface area contributed by atoms with Crippen molar-refractivity contribution in [1.82, 2.24) is 0 Å². The van der Waals surface area contributed by atoms with Gasteiger partial charge in [0.2, 0.25) is 0 Å². The standard InChI is InChI=1S/C9H6INO/c1-6(12)9-3-2-8(10)4-7(9)5-11/h2-4H,1H3. The highest BCUT2D eigenvalue weighted by Gasteiger charge is 2.05. The molecule has 0 aliphatic heterocycles. The van der Waals surface area contributed by atoms with E-state index in [0.29, 0.717) is 11.1 Å². The van der Waals surface area contributed by atoms with Crippen LogP contribution in [0.25, 0.3) is 0 Å². The van der Waals surface area contributed by atoms with Crippen molar-refractivity contribution in [2.24, 2.45) is 0 Å². The number of hydrogen-bond donors (Lipinski definition) is 0. The Hall–Kier alpha value is -0.890. The normalized spacial score (nSPS) is 9.08. The molecule has 60 valence electrons. The minimum Gasteiger partial charge on any atom is -0.294 e. The van der Waals surface area contributed by atoms with E-state index in [1.807, 2.05) is 12.1 Å². The number of ketones is 1. The van der Waals surface area contributed by atoms with Crippen LogP contribution in [-0.2, 0) is 0 Å². The second-order valence-electron chi connectivity index (χ2n) is 2.36. The van der Waals surface area contributed by atoms with E-state index in [1.54, 1.807) is 12.1 Å². The molecule has 1 rings (SSSR count). The number of carbonyl (C=O) groups excluding carboxylic acids is 1. The van der Waals surface area contributed by atoms with Crippen molar-refractivity contribution in [3.8, 4) is 6.07 Å². The second-order valence-corrected chi connectivity index (χ2v) is 3.60. The summed E-state index contributed by atoms with van der Waals surface area (Å²) in [6.07, 6.45) is 0. The van der Waals surface area contributed by atoms with Crippen LogP contribution in [0, 0.1) is 14.9 Å². The Bertz CT molecular complexity index is 365. The Morgan fingerprint density at radius 2 is 2.25 bits per heavy atom. The Kier molecular flexibility index (Phi) is 2.82. The Balaban J connectivity index is 3.32. The van der Waals surface area contributed by atoms with Gasteiger partial charge in [-0.15, -0.1) is 0 Å². The van der Waals surface area contributed by atoms with Crippen molar-refractivity contribution in [3.63, 3.8) is 0 Å². The van der Waals surface area contributed by atoms with Gasteiger partial charge < -0.3 is 0 Å². The molecule has 3 heteroatoms. The lowest BCUT2D eigenvalue weighted by molar-refractivity contribution is 0.101. The predicted molar refractivity (Wildman–Crippen MR) is 53.9 cm³/mol. The first kappa shape index (κ1) is 9.20. The lowest BCUT2D eigenvalue weighted by atomic mass is 10.1. The number of hydrogen-bond acceptors (Lipinski definition) is 2. The molecule has 0 spiro atoms. The molecule has 0 bridgehead atoms. The second kappa shape index (κ2) is 3.68. The smallest absolute Gasteiger partial charge is 0.161 e. The van der Waals surface area contributed by atoms with E-state index in [-0.39, 0.29) is 5.78 Å². The molecule has 2 nitrogen and oxygen atoms in total. The molecule has 1 aromatic rings. The highest BCUT2D eigenvalue weighted by Crippen LogP contribution is 2.13. The van der Waals surface area contributed by atoms with E-state index in [9.17, 15) is 4.79 Å². The number of rotatable bonds is 1. The van der Waals surface area contributed by atoms with Gasteiger partial charge in [0.25, 0.3) is 0 Å². The quantitative estimate of drug-likeness (QED) is 0.581. The van der Waals surface area contributed by atoms with Crippen molar-refractivity contribution in [3.05, 3.63) is 32.9 Å². The number of nitriles is 1. The number of halogens is 1. The fourth-order valence-electron chi connectivity index (χ4n) is 0.916. The maximum absolute atomic E-state index is 11.0. The summed E-state index contributed by atoms with van der Waals surface area (Å²) in [6, 6.07) is 7.20. The van der Waals surface area contributed by atoms with E-state index in [4.69, 9.17) is 5.26 Å². The van der Waals surface area contributed by atoms with Crippen LogP contribution < -0.4 is 0 Å². The summed E-state index contributed by atoms with van der Waals surface area (Å²) in [5.74, 6) is -0.0667. The van der Waals surface area contributed by atoms with E-state index in [1.165, 1.54) is 6.92 Å². The van der Waals surface area contributed by atoms with E-state index >= 15 is 0 Å². The number of benzene rings is 1. The third-order valence-electron chi connectivity index (χ3n) is 1.48. The summed E-state index contributed by atoms with van der Waals surface area (Å²) in [4.78, 5) is 11.0. The Morgan fingerprint density at radius 1 is 1.58 bits per heavy atom. The van der Waals surface area contributed by atoms with Crippen LogP contribution in [0.2, 0.25) is 0 Å². The molecule has 0 atom stereocenters. The van der Waals surface area contributed by atoms with Crippen LogP contribution in [0.15, 0.2) is 18.2 Å². The zero-order valence-corrected chi connectivity index (χ0v) is 8.62. The highest BCUT2D eigenvalue weighted by atomic mass is 127. The fraction of sp³-hybridized carbons (Fsp3) is 0.111. The van der Waals surface area contributed by atoms with Gasteiger partial charge in [0, 0.05) is 9.13 Å². The third-order valence-corrected chi connectivity index (χ3v) is 2.15. The molecule has 0 fully saturated rings. The van der Waals surface area contributed by atoms with Crippen LogP contribution in [-0.4, -0.2) is 5.78 Å². The van der Waals surface area contributed by atoms with Crippen molar-refractivity contribution in [1.29, 1.82) is 5.26 Å². The van der Waals surface area contributed by atoms with Crippen molar-refractivity contribution in [2.75, 3.05) is 0 Å². The van der Waals surface area contributed by atoms with Gasteiger partial charge in [-0.2, -0.15) is 5.26 Å². The monoisotopic (exact) mass is 271 g/mol. The maximum Gasteiger partial charge on any atom is 0.161 e. The van der Waals surface area contributed by atoms with Crippen molar-refractivity contribution < 1.29 is 4.79 Å². The summed E-state index contributed by atoms with van der Waals surface area (Å²) in [5, 5.41) is 8.69. The SMILES string of the molecule is CC(=O)c1ccc(I)cc1C#N. The molecule has 0 unspecified atom stereocenters. The fourth-order valence-corrected chi connectivity index (χ4v) is 1.41. The molecule has 0 aliphatic rings. The summed E-state index contributed by atoms with van der Waals surface area (Å²) in [5.41, 5.74) is 0.951. The number of Topliss-reactive ketones (excluding diaryl/α,β-unsaturated/α-hetero) is 1. The van der Waals surface area contributed by atoms with Gasteiger partial charge in [-0.3, -0.25) is 4.79 Å². The minimum absolute atomic E-state index is 0.0667. The van der Waals surface area contributed by atoms with Crippen LogP contribution in [0.4, 0.5) is 0 Å². The Morgan fingerprint density at radius 3 is 2.75 bits per heavy atom. The average molecular weight is 271 g/mol. The van der Waals surface area contributed by atoms with Crippen LogP contribution in [0.1, 0.15) is 22.8 Å². The number of nitrogens with zero attached hydrogens (tertiary/aromatic N) is 1. The van der Waals surface area contributed by atoms with Crippen LogP contribution in [0.5, 0.6) is 0 Å². The molecule has 0 saturated heterocycles. The summed E-state index contributed by atoms with van der Waals surface area (Å²) in [7, 11) is 0. The highest BCUT2D eigenvalue weighted by molar-refractivity contribution is 14.1. The molecule has 0 N–H and O–H groups in total. The maximum atomic E-state index is 11.0. The number of carbonyl (C=O) groups is 1. The van der Waals surface area contributed by atoms with Gasteiger partial charge >= 0.3 is 0 Å². The van der Waals surface area contributed by atoms with Gasteiger partial charge in [-0.05, 0) is 47.7 Å². The Labute approximate surface area is 84.3 Å². The third kappa shape index (κ3) is 1.83. The largest absolute Gasteiger partial charge is 0.294 e. The van der Waals surface area contributed by atoms with Gasteiger partial charge in [0.15, 0.2) is 5.78 Å². The topological polar surface area (TPSA) is 40.9 Å². The first-order chi connectivity index (χ1) is 5.65. The molecule has 0 saturated carbocycles. The summed E-state index contributed by atoms with van der Waals surface area (Å²) >= 11 is 2.11. The molecule has 0 radical (unpaired) electrons. The van der Waals surface area contributed by atoms with E-state index in [2.05, 4.69) is 22.6 Å². The lowest BCUT2D eigenvalue weighted by Gasteiger charge is -1.98. The molecule has 1 aromatic carbocycles. The molecular formula is C9H6INO. The first-order valence-electron chi connectivity index (χ1n) is 3.35. The van der Waals surface area contributed by atoms with Crippen LogP contribution in [0.3, 0.4) is 0 Å². The molecular weight excluding hydrogens is 265 g/mol. The molecule has 0 heterocycles. The molecule has 0 amide bonds. The average Bonchev–Trinajstić information content (AvgIpc) is 2.03. The van der Waals surface area contributed by atoms with Gasteiger partial charge in [-0.1, -0.05) is 0 Å². The predicted octanol–water partition coefficient (Wildman–Crippen LogP) is 2.37. The van der Waals surface area contributed by atoms with Crippen molar-refractivity contribution >= 4 is 28.4 Å².